The fourth-order valence-corrected chi connectivity index (χ4v) is 3.63. The van der Waals surface area contributed by atoms with E-state index in [1.165, 1.54) is 53.2 Å². The van der Waals surface area contributed by atoms with E-state index in [0.717, 1.165) is 0 Å². The molecule has 2 heterocycles. The quantitative estimate of drug-likeness (QED) is 0.224. The van der Waals surface area contributed by atoms with Crippen molar-refractivity contribution in [3.63, 3.8) is 0 Å². The number of benzene rings is 2. The molecule has 2 aromatic carbocycles. The Hall–Kier alpha value is -3.76. The highest BCUT2D eigenvalue weighted by Crippen LogP contribution is 2.33. The van der Waals surface area contributed by atoms with E-state index in [1.807, 2.05) is 0 Å². The summed E-state index contributed by atoms with van der Waals surface area (Å²) >= 11 is 6.40. The van der Waals surface area contributed by atoms with Crippen molar-refractivity contribution >= 4 is 29.3 Å². The number of nitro benzene ring substituents is 1. The molecule has 0 bridgehead atoms. The van der Waals surface area contributed by atoms with E-state index < -0.39 is 10.9 Å². The van der Waals surface area contributed by atoms with Gasteiger partial charge in [-0.3, -0.25) is 10.1 Å². The van der Waals surface area contributed by atoms with Gasteiger partial charge in [0.1, 0.15) is 23.3 Å². The van der Waals surface area contributed by atoms with E-state index in [9.17, 15) is 19.3 Å². The Morgan fingerprint density at radius 1 is 1.36 bits per heavy atom. The molecule has 0 spiro atoms. The lowest BCUT2D eigenvalue weighted by atomic mass is 10.1. The predicted molar refractivity (Wildman–Crippen MR) is 115 cm³/mol. The van der Waals surface area contributed by atoms with Gasteiger partial charge >= 0.3 is 5.97 Å². The molecular formula is C22H17ClFN3O6. The number of hydrogen-bond donors (Lipinski definition) is 0. The molecule has 1 aliphatic heterocycles. The summed E-state index contributed by atoms with van der Waals surface area (Å²) in [5, 5.41) is 15.8. The van der Waals surface area contributed by atoms with Gasteiger partial charge in [0.2, 0.25) is 0 Å². The van der Waals surface area contributed by atoms with Crippen LogP contribution in [0.4, 0.5) is 10.1 Å². The number of carbonyl (C=O) groups excluding carboxylic acids is 1. The average molecular weight is 474 g/mol. The minimum atomic E-state index is -0.688. The maximum atomic E-state index is 13.2. The molecule has 0 saturated carbocycles. The number of rotatable bonds is 6. The highest BCUT2D eigenvalue weighted by Gasteiger charge is 2.21. The Kier molecular flexibility index (Phi) is 6.38. The predicted octanol–water partition coefficient (Wildman–Crippen LogP) is 4.50. The molecule has 0 radical (unpaired) electrons. The van der Waals surface area contributed by atoms with Crippen LogP contribution in [-0.4, -0.2) is 27.5 Å². The highest BCUT2D eigenvalue weighted by atomic mass is 35.5. The molecule has 0 N–H and O–H groups in total. The van der Waals surface area contributed by atoms with Crippen molar-refractivity contribution in [2.45, 2.75) is 20.1 Å². The Morgan fingerprint density at radius 3 is 2.85 bits per heavy atom. The standard InChI is InChI=1S/C22H17ClFN3O6/c1-13-19(22(23)26(25-13)17-4-2-16(24)3-5-17)6-7-20(28)32-11-15-9-18(27(29)30)8-14-10-31-12-33-21(14)15/h2-9H,10-12H2,1H3/b7-6+. The summed E-state index contributed by atoms with van der Waals surface area (Å²) in [5.41, 5.74) is 2.32. The zero-order valence-corrected chi connectivity index (χ0v) is 18.0. The number of nitrogens with zero attached hydrogens (tertiary/aromatic N) is 3. The molecule has 11 heteroatoms. The van der Waals surface area contributed by atoms with Crippen LogP contribution < -0.4 is 4.74 Å². The maximum absolute atomic E-state index is 13.2. The third-order valence-corrected chi connectivity index (χ3v) is 5.22. The highest BCUT2D eigenvalue weighted by molar-refractivity contribution is 6.31. The molecule has 4 rings (SSSR count). The zero-order chi connectivity index (χ0) is 23.5. The number of aryl methyl sites for hydroxylation is 1. The smallest absolute Gasteiger partial charge is 0.331 e. The van der Waals surface area contributed by atoms with Crippen molar-refractivity contribution in [3.05, 3.63) is 85.9 Å². The molecule has 1 aromatic heterocycles. The summed E-state index contributed by atoms with van der Waals surface area (Å²) in [4.78, 5) is 22.9. The lowest BCUT2D eigenvalue weighted by Crippen LogP contribution is -2.14. The van der Waals surface area contributed by atoms with Gasteiger partial charge < -0.3 is 14.2 Å². The molecule has 170 valence electrons. The van der Waals surface area contributed by atoms with Crippen molar-refractivity contribution in [1.29, 1.82) is 0 Å². The minimum absolute atomic E-state index is 0.00147. The second-order valence-corrected chi connectivity index (χ2v) is 7.44. The summed E-state index contributed by atoms with van der Waals surface area (Å²) in [6.07, 6.45) is 2.64. The number of non-ortho nitro benzene ring substituents is 1. The van der Waals surface area contributed by atoms with Gasteiger partial charge in [0.25, 0.3) is 5.69 Å². The summed E-state index contributed by atoms with van der Waals surface area (Å²) in [6, 6.07) is 8.30. The average Bonchev–Trinajstić information content (AvgIpc) is 3.09. The summed E-state index contributed by atoms with van der Waals surface area (Å²) in [5.74, 6) is -0.667. The first-order valence-corrected chi connectivity index (χ1v) is 10.1. The molecule has 0 saturated heterocycles. The third kappa shape index (κ3) is 4.86. The molecular weight excluding hydrogens is 457 g/mol. The van der Waals surface area contributed by atoms with Crippen LogP contribution in [0.1, 0.15) is 22.4 Å². The van der Waals surface area contributed by atoms with Crippen LogP contribution in [0.25, 0.3) is 11.8 Å². The zero-order valence-electron chi connectivity index (χ0n) is 17.3. The molecule has 9 nitrogen and oxygen atoms in total. The van der Waals surface area contributed by atoms with Gasteiger partial charge in [0, 0.05) is 34.9 Å². The van der Waals surface area contributed by atoms with Crippen molar-refractivity contribution < 1.29 is 28.3 Å². The van der Waals surface area contributed by atoms with E-state index in [0.29, 0.717) is 33.8 Å². The third-order valence-electron chi connectivity index (χ3n) is 4.86. The lowest BCUT2D eigenvalue weighted by molar-refractivity contribution is -0.385. The van der Waals surface area contributed by atoms with Gasteiger partial charge in [-0.2, -0.15) is 5.10 Å². The van der Waals surface area contributed by atoms with Crippen LogP contribution in [0.15, 0.2) is 42.5 Å². The van der Waals surface area contributed by atoms with Crippen molar-refractivity contribution in [2.24, 2.45) is 0 Å². The fourth-order valence-electron chi connectivity index (χ4n) is 3.30. The van der Waals surface area contributed by atoms with Gasteiger partial charge in [0.05, 0.1) is 22.9 Å². The number of halogens is 2. The summed E-state index contributed by atoms with van der Waals surface area (Å²) in [6.45, 7) is 1.65. The van der Waals surface area contributed by atoms with Gasteiger partial charge in [-0.05, 0) is 37.3 Å². The first-order chi connectivity index (χ1) is 15.8. The number of hydrogen-bond acceptors (Lipinski definition) is 7. The van der Waals surface area contributed by atoms with Gasteiger partial charge in [-0.15, -0.1) is 0 Å². The molecule has 0 fully saturated rings. The van der Waals surface area contributed by atoms with E-state index in [1.54, 1.807) is 6.92 Å². The molecule has 0 atom stereocenters. The lowest BCUT2D eigenvalue weighted by Gasteiger charge is -2.20. The van der Waals surface area contributed by atoms with Crippen molar-refractivity contribution in [2.75, 3.05) is 6.79 Å². The maximum Gasteiger partial charge on any atom is 0.331 e. The second-order valence-electron chi connectivity index (χ2n) is 7.08. The van der Waals surface area contributed by atoms with Crippen LogP contribution >= 0.6 is 11.6 Å². The Balaban J connectivity index is 1.49. The number of nitro groups is 1. The number of esters is 1. The van der Waals surface area contributed by atoms with E-state index in [4.69, 9.17) is 25.8 Å². The normalized spacial score (nSPS) is 12.9. The van der Waals surface area contributed by atoms with Crippen LogP contribution in [0.3, 0.4) is 0 Å². The second kappa shape index (κ2) is 9.39. The molecule has 3 aromatic rings. The van der Waals surface area contributed by atoms with Gasteiger partial charge in [0.15, 0.2) is 6.79 Å². The number of carbonyl (C=O) groups is 1. The largest absolute Gasteiger partial charge is 0.467 e. The summed E-state index contributed by atoms with van der Waals surface area (Å²) in [7, 11) is 0. The van der Waals surface area contributed by atoms with E-state index >= 15 is 0 Å². The first kappa shape index (κ1) is 22.4. The van der Waals surface area contributed by atoms with Crippen LogP contribution in [0.5, 0.6) is 5.75 Å². The van der Waals surface area contributed by atoms with Gasteiger partial charge in [-0.25, -0.2) is 13.9 Å². The minimum Gasteiger partial charge on any atom is -0.467 e. The topological polar surface area (TPSA) is 106 Å². The number of aromatic nitrogens is 2. The van der Waals surface area contributed by atoms with Crippen molar-refractivity contribution in [3.8, 4) is 11.4 Å². The van der Waals surface area contributed by atoms with Gasteiger partial charge in [-0.1, -0.05) is 11.6 Å². The van der Waals surface area contributed by atoms with E-state index in [2.05, 4.69) is 5.10 Å². The SMILES string of the molecule is Cc1nn(-c2ccc(F)cc2)c(Cl)c1/C=C/C(=O)OCc1cc([N+](=O)[O-])cc2c1OCOC2. The molecule has 0 unspecified atom stereocenters. The Morgan fingerprint density at radius 2 is 2.12 bits per heavy atom. The van der Waals surface area contributed by atoms with Crippen LogP contribution in [-0.2, 0) is 27.5 Å². The fraction of sp³-hybridized carbons (Fsp3) is 0.182. The van der Waals surface area contributed by atoms with Crippen LogP contribution in [0.2, 0.25) is 5.15 Å². The first-order valence-electron chi connectivity index (χ1n) is 9.70. The summed E-state index contributed by atoms with van der Waals surface area (Å²) < 4.78 is 30.4. The van der Waals surface area contributed by atoms with Crippen molar-refractivity contribution in [1.82, 2.24) is 9.78 Å². The number of fused-ring (bicyclic) bond motifs is 1. The van der Waals surface area contributed by atoms with Crippen LogP contribution in [0, 0.1) is 22.9 Å². The molecule has 1 aliphatic rings. The van der Waals surface area contributed by atoms with E-state index in [-0.39, 0.29) is 36.7 Å². The Labute approximate surface area is 192 Å². The monoisotopic (exact) mass is 473 g/mol. The molecule has 0 amide bonds. The Bertz CT molecular complexity index is 1260. The molecule has 33 heavy (non-hydrogen) atoms. The number of ether oxygens (including phenoxy) is 3. The molecule has 0 aliphatic carbocycles.